The van der Waals surface area contributed by atoms with Gasteiger partial charge in [0.05, 0.1) is 5.52 Å². The average molecular weight is 309 g/mol. The number of likely N-dealkylation sites (tertiary alicyclic amines) is 2. The zero-order chi connectivity index (χ0) is 15.9. The molecule has 120 valence electrons. The van der Waals surface area contributed by atoms with Gasteiger partial charge in [-0.2, -0.15) is 0 Å². The minimum absolute atomic E-state index is 0.133. The Labute approximate surface area is 137 Å². The summed E-state index contributed by atoms with van der Waals surface area (Å²) in [6.07, 6.45) is 5.86. The largest absolute Gasteiger partial charge is 0.340 e. The maximum absolute atomic E-state index is 11.9. The first-order valence-electron chi connectivity index (χ1n) is 8.50. The summed E-state index contributed by atoms with van der Waals surface area (Å²) >= 11 is 0. The van der Waals surface area contributed by atoms with Crippen molar-refractivity contribution in [2.24, 2.45) is 0 Å². The number of aromatic nitrogens is 1. The van der Waals surface area contributed by atoms with Crippen LogP contribution in [0.5, 0.6) is 0 Å². The Morgan fingerprint density at radius 2 is 1.91 bits per heavy atom. The Kier molecular flexibility index (Phi) is 3.57. The highest BCUT2D eigenvalue weighted by molar-refractivity contribution is 5.81. The lowest BCUT2D eigenvalue weighted by molar-refractivity contribution is -0.130. The predicted octanol–water partition coefficient (Wildman–Crippen LogP) is 2.82. The van der Waals surface area contributed by atoms with Gasteiger partial charge in [0.25, 0.3) is 0 Å². The molecule has 2 aliphatic heterocycles. The second kappa shape index (κ2) is 5.60. The van der Waals surface area contributed by atoms with Crippen molar-refractivity contribution in [3.8, 4) is 0 Å². The first kappa shape index (κ1) is 14.6. The van der Waals surface area contributed by atoms with Crippen LogP contribution in [0.4, 0.5) is 0 Å². The summed E-state index contributed by atoms with van der Waals surface area (Å²) in [5.74, 6) is 0.318. The van der Waals surface area contributed by atoms with Crippen LogP contribution in [0.3, 0.4) is 0 Å². The summed E-state index contributed by atoms with van der Waals surface area (Å²) in [5.41, 5.74) is 2.55. The number of rotatable bonds is 2. The highest BCUT2D eigenvalue weighted by atomic mass is 16.2. The van der Waals surface area contributed by atoms with Crippen molar-refractivity contribution < 1.29 is 4.79 Å². The van der Waals surface area contributed by atoms with E-state index in [4.69, 9.17) is 0 Å². The second-order valence-corrected chi connectivity index (χ2v) is 6.94. The molecule has 1 aromatic carbocycles. The molecule has 1 amide bonds. The number of hydrogen-bond acceptors (Lipinski definition) is 3. The predicted molar refractivity (Wildman–Crippen MR) is 91.0 cm³/mol. The minimum atomic E-state index is 0.133. The lowest BCUT2D eigenvalue weighted by Gasteiger charge is -2.43. The molecule has 2 saturated heterocycles. The standard InChI is InChI=1S/C19H23N3O/c1-21-18(23)6-8-19(21)9-12-22(13-10-19)14-15-7-11-20-17-5-3-2-4-16(15)17/h2-5,7,11H,6,8-10,12-14H2,1H3. The van der Waals surface area contributed by atoms with E-state index in [2.05, 4.69) is 34.1 Å². The number of para-hydroxylation sites is 1. The van der Waals surface area contributed by atoms with E-state index in [1.807, 2.05) is 24.2 Å². The highest BCUT2D eigenvalue weighted by Crippen LogP contribution is 2.38. The van der Waals surface area contributed by atoms with Crippen LogP contribution in [0.2, 0.25) is 0 Å². The van der Waals surface area contributed by atoms with Gasteiger partial charge in [-0.05, 0) is 37.0 Å². The van der Waals surface area contributed by atoms with Crippen LogP contribution in [-0.4, -0.2) is 46.4 Å². The number of piperidine rings is 1. The summed E-state index contributed by atoms with van der Waals surface area (Å²) in [4.78, 5) is 20.9. The first-order valence-corrected chi connectivity index (χ1v) is 8.50. The third kappa shape index (κ3) is 2.51. The average Bonchev–Trinajstić information content (AvgIpc) is 2.86. The molecule has 1 aromatic heterocycles. The molecule has 2 aromatic rings. The van der Waals surface area contributed by atoms with Crippen molar-refractivity contribution in [3.05, 3.63) is 42.1 Å². The SMILES string of the molecule is CN1C(=O)CCC12CCN(Cc1ccnc3ccccc13)CC2. The van der Waals surface area contributed by atoms with Gasteiger partial charge >= 0.3 is 0 Å². The maximum atomic E-state index is 11.9. The van der Waals surface area contributed by atoms with Crippen LogP contribution in [0.25, 0.3) is 10.9 Å². The van der Waals surface area contributed by atoms with Gasteiger partial charge in [0.2, 0.25) is 5.91 Å². The molecule has 0 saturated carbocycles. The lowest BCUT2D eigenvalue weighted by Crippen LogP contribution is -2.51. The first-order chi connectivity index (χ1) is 11.2. The highest BCUT2D eigenvalue weighted by Gasteiger charge is 2.44. The second-order valence-electron chi connectivity index (χ2n) is 6.94. The monoisotopic (exact) mass is 309 g/mol. The molecule has 2 aliphatic rings. The van der Waals surface area contributed by atoms with Gasteiger partial charge in [-0.1, -0.05) is 18.2 Å². The van der Waals surface area contributed by atoms with Gasteiger partial charge in [0.15, 0.2) is 0 Å². The Morgan fingerprint density at radius 1 is 1.13 bits per heavy atom. The Morgan fingerprint density at radius 3 is 2.65 bits per heavy atom. The fourth-order valence-electron chi connectivity index (χ4n) is 4.19. The Balaban J connectivity index is 1.48. The molecule has 3 heterocycles. The number of benzene rings is 1. The number of hydrogen-bond donors (Lipinski definition) is 0. The summed E-state index contributed by atoms with van der Waals surface area (Å²) in [5, 5.41) is 1.25. The Bertz CT molecular complexity index is 729. The van der Waals surface area contributed by atoms with Crippen LogP contribution in [0.1, 0.15) is 31.2 Å². The molecule has 0 N–H and O–H groups in total. The number of pyridine rings is 1. The number of fused-ring (bicyclic) bond motifs is 1. The fraction of sp³-hybridized carbons (Fsp3) is 0.474. The molecule has 23 heavy (non-hydrogen) atoms. The van der Waals surface area contributed by atoms with Crippen LogP contribution >= 0.6 is 0 Å². The molecular formula is C19H23N3O. The van der Waals surface area contributed by atoms with Crippen LogP contribution in [-0.2, 0) is 11.3 Å². The summed E-state index contributed by atoms with van der Waals surface area (Å²) in [6.45, 7) is 3.10. The molecule has 1 spiro atoms. The maximum Gasteiger partial charge on any atom is 0.222 e. The van der Waals surface area contributed by atoms with Crippen LogP contribution in [0, 0.1) is 0 Å². The normalized spacial score (nSPS) is 21.4. The van der Waals surface area contributed by atoms with Gasteiger partial charge in [-0.25, -0.2) is 0 Å². The molecule has 0 radical (unpaired) electrons. The summed E-state index contributed by atoms with van der Waals surface area (Å²) in [7, 11) is 1.99. The molecular weight excluding hydrogens is 286 g/mol. The lowest BCUT2D eigenvalue weighted by atomic mass is 9.85. The van der Waals surface area contributed by atoms with Gasteiger partial charge in [0.1, 0.15) is 0 Å². The molecule has 2 fully saturated rings. The van der Waals surface area contributed by atoms with E-state index in [0.717, 1.165) is 50.8 Å². The van der Waals surface area contributed by atoms with Crippen molar-refractivity contribution in [1.29, 1.82) is 0 Å². The third-order valence-electron chi connectivity index (χ3n) is 5.81. The van der Waals surface area contributed by atoms with E-state index in [9.17, 15) is 4.79 Å². The van der Waals surface area contributed by atoms with E-state index < -0.39 is 0 Å². The van der Waals surface area contributed by atoms with E-state index >= 15 is 0 Å². The number of carbonyl (C=O) groups excluding carboxylic acids is 1. The third-order valence-corrected chi connectivity index (χ3v) is 5.81. The minimum Gasteiger partial charge on any atom is -0.340 e. The molecule has 4 rings (SSSR count). The number of carbonyl (C=O) groups is 1. The summed E-state index contributed by atoms with van der Waals surface area (Å²) in [6, 6.07) is 10.5. The van der Waals surface area contributed by atoms with Gasteiger partial charge < -0.3 is 4.90 Å². The van der Waals surface area contributed by atoms with Gasteiger partial charge in [-0.3, -0.25) is 14.7 Å². The molecule has 0 bridgehead atoms. The van der Waals surface area contributed by atoms with E-state index in [-0.39, 0.29) is 5.54 Å². The molecule has 0 atom stereocenters. The zero-order valence-electron chi connectivity index (χ0n) is 13.7. The van der Waals surface area contributed by atoms with Crippen molar-refractivity contribution in [3.63, 3.8) is 0 Å². The molecule has 0 unspecified atom stereocenters. The van der Waals surface area contributed by atoms with Crippen LogP contribution in [0.15, 0.2) is 36.5 Å². The quantitative estimate of drug-likeness (QED) is 0.856. The zero-order valence-corrected chi connectivity index (χ0v) is 13.7. The van der Waals surface area contributed by atoms with Crippen molar-refractivity contribution >= 4 is 16.8 Å². The van der Waals surface area contributed by atoms with Gasteiger partial charge in [0, 0.05) is 50.2 Å². The van der Waals surface area contributed by atoms with Crippen molar-refractivity contribution in [1.82, 2.24) is 14.8 Å². The smallest absolute Gasteiger partial charge is 0.222 e. The Hall–Kier alpha value is -1.94. The molecule has 0 aliphatic carbocycles. The topological polar surface area (TPSA) is 36.4 Å². The molecule has 4 heteroatoms. The van der Waals surface area contributed by atoms with Gasteiger partial charge in [-0.15, -0.1) is 0 Å². The van der Waals surface area contributed by atoms with E-state index in [1.165, 1.54) is 10.9 Å². The van der Waals surface area contributed by atoms with E-state index in [0.29, 0.717) is 5.91 Å². The van der Waals surface area contributed by atoms with Crippen molar-refractivity contribution in [2.75, 3.05) is 20.1 Å². The van der Waals surface area contributed by atoms with E-state index in [1.54, 1.807) is 0 Å². The fourth-order valence-corrected chi connectivity index (χ4v) is 4.19. The van der Waals surface area contributed by atoms with Crippen LogP contribution < -0.4 is 0 Å². The summed E-state index contributed by atoms with van der Waals surface area (Å²) < 4.78 is 0. The number of nitrogens with zero attached hydrogens (tertiary/aromatic N) is 3. The molecule has 4 nitrogen and oxygen atoms in total. The van der Waals surface area contributed by atoms with Crippen molar-refractivity contribution in [2.45, 2.75) is 37.8 Å². The number of amides is 1.